The van der Waals surface area contributed by atoms with E-state index in [1.807, 2.05) is 56.3 Å². The van der Waals surface area contributed by atoms with Gasteiger partial charge in [0.2, 0.25) is 0 Å². The zero-order valence-corrected chi connectivity index (χ0v) is 21.0. The van der Waals surface area contributed by atoms with Crippen molar-refractivity contribution in [1.29, 1.82) is 0 Å². The van der Waals surface area contributed by atoms with Gasteiger partial charge in [0.1, 0.15) is 6.54 Å². The van der Waals surface area contributed by atoms with Crippen molar-refractivity contribution in [3.63, 3.8) is 0 Å². The van der Waals surface area contributed by atoms with Gasteiger partial charge in [0.15, 0.2) is 22.9 Å². The summed E-state index contributed by atoms with van der Waals surface area (Å²) in [7, 11) is 0. The number of carbonyl (C=O) groups is 3. The molecule has 3 aliphatic rings. The van der Waals surface area contributed by atoms with Crippen LogP contribution in [-0.4, -0.2) is 60.1 Å². The Morgan fingerprint density at radius 1 is 0.838 bits per heavy atom. The highest BCUT2D eigenvalue weighted by molar-refractivity contribution is 6.32. The molecule has 3 aromatic rings. The van der Waals surface area contributed by atoms with E-state index in [1.165, 1.54) is 0 Å². The van der Waals surface area contributed by atoms with Crippen LogP contribution in [0.2, 0.25) is 0 Å². The fraction of sp³-hybridized carbons (Fsp3) is 0.300. The maximum absolute atomic E-state index is 14.1. The van der Waals surface area contributed by atoms with Crippen LogP contribution in [0.15, 0.2) is 60.7 Å². The van der Waals surface area contributed by atoms with Crippen molar-refractivity contribution in [2.24, 2.45) is 0 Å². The maximum atomic E-state index is 14.1. The second-order valence-corrected chi connectivity index (χ2v) is 10.2. The summed E-state index contributed by atoms with van der Waals surface area (Å²) in [5.41, 5.74) is 4.37. The molecule has 1 aliphatic carbocycles. The minimum absolute atomic E-state index is 0.129. The number of anilines is 1. The highest BCUT2D eigenvalue weighted by Gasteiger charge is 2.58. The summed E-state index contributed by atoms with van der Waals surface area (Å²) >= 11 is 0. The molecular weight excluding hydrogens is 466 g/mol. The van der Waals surface area contributed by atoms with Crippen LogP contribution in [0.3, 0.4) is 0 Å². The Balaban J connectivity index is 1.28. The summed E-state index contributed by atoms with van der Waals surface area (Å²) in [6.45, 7) is 7.46. The molecule has 6 rings (SSSR count). The van der Waals surface area contributed by atoms with E-state index in [2.05, 4.69) is 21.2 Å². The Bertz CT molecular complexity index is 1380. The molecule has 3 aromatic carbocycles. The van der Waals surface area contributed by atoms with E-state index in [0.717, 1.165) is 27.9 Å². The van der Waals surface area contributed by atoms with Crippen molar-refractivity contribution in [3.05, 3.63) is 94.0 Å². The van der Waals surface area contributed by atoms with E-state index in [4.69, 9.17) is 4.74 Å². The van der Waals surface area contributed by atoms with Crippen LogP contribution in [0, 0.1) is 13.8 Å². The van der Waals surface area contributed by atoms with Crippen molar-refractivity contribution >= 4 is 23.2 Å². The number of esters is 1. The molecule has 0 saturated carbocycles. The van der Waals surface area contributed by atoms with E-state index >= 15 is 0 Å². The molecule has 37 heavy (non-hydrogen) atoms. The Kier molecular flexibility index (Phi) is 5.70. The summed E-state index contributed by atoms with van der Waals surface area (Å²) < 4.78 is 5.38. The monoisotopic (exact) mass is 495 g/mol. The number of benzene rings is 3. The number of rotatable bonds is 4. The Hall–Kier alpha value is -3.81. The highest BCUT2D eigenvalue weighted by Crippen LogP contribution is 2.43. The lowest BCUT2D eigenvalue weighted by atomic mass is 9.81. The predicted octanol–water partition coefficient (Wildman–Crippen LogP) is 3.73. The van der Waals surface area contributed by atoms with Gasteiger partial charge in [0.25, 0.3) is 0 Å². The summed E-state index contributed by atoms with van der Waals surface area (Å²) in [4.78, 5) is 44.2. The zero-order valence-electron chi connectivity index (χ0n) is 21.0. The lowest BCUT2D eigenvalue weighted by Crippen LogP contribution is -2.60. The van der Waals surface area contributed by atoms with Gasteiger partial charge in [-0.2, -0.15) is 0 Å². The van der Waals surface area contributed by atoms with Crippen molar-refractivity contribution in [2.45, 2.75) is 25.9 Å². The Morgan fingerprint density at radius 3 is 2.14 bits per heavy atom. The lowest BCUT2D eigenvalue weighted by Gasteiger charge is -2.44. The maximum Gasteiger partial charge on any atom is 0.330 e. The fourth-order valence-corrected chi connectivity index (χ4v) is 6.01. The third-order valence-corrected chi connectivity index (χ3v) is 7.66. The van der Waals surface area contributed by atoms with Crippen LogP contribution in [-0.2, 0) is 16.9 Å². The molecule has 0 amide bonds. The number of carbonyl (C=O) groups excluding carboxylic acids is 3. The summed E-state index contributed by atoms with van der Waals surface area (Å²) in [5.74, 6) is 0.00835. The minimum atomic E-state index is -1.34. The lowest BCUT2D eigenvalue weighted by molar-refractivity contribution is -0.132. The number of hydrogen-bond acceptors (Lipinski definition) is 7. The average Bonchev–Trinajstić information content (AvgIpc) is 3.11. The van der Waals surface area contributed by atoms with E-state index < -0.39 is 5.54 Å². The predicted molar refractivity (Wildman–Crippen MR) is 140 cm³/mol. The standard InChI is InChI=1S/C30H29N3O4/c1-19-13-20(2)15-22(14-19)30(28(35)23-5-3-4-6-24(23)29(30)36)33-11-9-32(10-12-33)18-21-7-8-25-26(16-21)37-27(34)17-31-25/h3-8,13-16,31H,9-12,17-18H2,1-2H3. The molecular formula is C30H29N3O4. The molecule has 1 fully saturated rings. The van der Waals surface area contributed by atoms with Crippen molar-refractivity contribution in [1.82, 2.24) is 9.80 Å². The van der Waals surface area contributed by atoms with E-state index in [1.54, 1.807) is 12.1 Å². The molecule has 7 heteroatoms. The number of hydrogen-bond donors (Lipinski definition) is 1. The van der Waals surface area contributed by atoms with E-state index in [-0.39, 0.29) is 24.1 Å². The molecule has 0 spiro atoms. The first-order valence-electron chi connectivity index (χ1n) is 12.7. The van der Waals surface area contributed by atoms with Crippen LogP contribution in [0.4, 0.5) is 5.69 Å². The van der Waals surface area contributed by atoms with E-state index in [9.17, 15) is 14.4 Å². The van der Waals surface area contributed by atoms with Crippen molar-refractivity contribution in [3.8, 4) is 5.75 Å². The molecule has 0 bridgehead atoms. The Morgan fingerprint density at radius 2 is 1.49 bits per heavy atom. The second kappa shape index (κ2) is 8.94. The number of nitrogens with zero attached hydrogens (tertiary/aromatic N) is 2. The van der Waals surface area contributed by atoms with Crippen LogP contribution in [0.25, 0.3) is 0 Å². The summed E-state index contributed by atoms with van der Waals surface area (Å²) in [5, 5.41) is 3.07. The van der Waals surface area contributed by atoms with Gasteiger partial charge in [0, 0.05) is 43.9 Å². The molecule has 0 atom stereocenters. The van der Waals surface area contributed by atoms with Crippen molar-refractivity contribution < 1.29 is 19.1 Å². The summed E-state index contributed by atoms with van der Waals surface area (Å²) in [6.07, 6.45) is 0. The van der Waals surface area contributed by atoms with Gasteiger partial charge in [-0.1, -0.05) is 59.7 Å². The molecule has 1 saturated heterocycles. The number of Topliss-reactive ketones (excluding diaryl/α,β-unsaturated/α-hetero) is 2. The van der Waals surface area contributed by atoms with Crippen LogP contribution in [0.1, 0.15) is 43.0 Å². The topological polar surface area (TPSA) is 79.0 Å². The number of ether oxygens (including phenoxy) is 1. The van der Waals surface area contributed by atoms with Gasteiger partial charge in [-0.05, 0) is 37.1 Å². The van der Waals surface area contributed by atoms with Crippen molar-refractivity contribution in [2.75, 3.05) is 38.0 Å². The van der Waals surface area contributed by atoms with E-state index in [0.29, 0.717) is 49.6 Å². The molecule has 188 valence electrons. The molecule has 0 unspecified atom stereocenters. The van der Waals surface area contributed by atoms with Gasteiger partial charge in [-0.25, -0.2) is 4.79 Å². The fourth-order valence-electron chi connectivity index (χ4n) is 6.01. The van der Waals surface area contributed by atoms with Crippen LogP contribution in [0.5, 0.6) is 5.75 Å². The average molecular weight is 496 g/mol. The number of ketones is 2. The third-order valence-electron chi connectivity index (χ3n) is 7.66. The molecule has 7 nitrogen and oxygen atoms in total. The molecule has 2 heterocycles. The normalized spacial score (nSPS) is 19.2. The zero-order chi connectivity index (χ0) is 25.7. The highest BCUT2D eigenvalue weighted by atomic mass is 16.5. The number of fused-ring (bicyclic) bond motifs is 2. The van der Waals surface area contributed by atoms with Gasteiger partial charge in [0.05, 0.1) is 5.69 Å². The first-order valence-corrected chi connectivity index (χ1v) is 12.7. The first kappa shape index (κ1) is 23.6. The smallest absolute Gasteiger partial charge is 0.330 e. The quantitative estimate of drug-likeness (QED) is 0.336. The second-order valence-electron chi connectivity index (χ2n) is 10.2. The van der Waals surface area contributed by atoms with Gasteiger partial charge in [-0.3, -0.25) is 19.4 Å². The Labute approximate surface area is 216 Å². The molecule has 2 aliphatic heterocycles. The molecule has 0 aromatic heterocycles. The third kappa shape index (κ3) is 3.86. The SMILES string of the molecule is Cc1cc(C)cc(C2(N3CCN(Cc4ccc5c(c4)OC(=O)CN5)CC3)C(=O)c3ccccc3C2=O)c1. The minimum Gasteiger partial charge on any atom is -0.423 e. The van der Waals surface area contributed by atoms with Gasteiger partial charge < -0.3 is 10.1 Å². The molecule has 1 N–H and O–H groups in total. The van der Waals surface area contributed by atoms with Crippen LogP contribution < -0.4 is 10.1 Å². The summed E-state index contributed by atoms with van der Waals surface area (Å²) in [6, 6.07) is 19.1. The largest absolute Gasteiger partial charge is 0.423 e. The number of piperazine rings is 1. The molecule has 0 radical (unpaired) electrons. The number of aryl methyl sites for hydroxylation is 2. The number of nitrogens with one attached hydrogen (secondary N) is 1. The van der Waals surface area contributed by atoms with Crippen LogP contribution >= 0.6 is 0 Å². The van der Waals surface area contributed by atoms with Gasteiger partial charge in [-0.15, -0.1) is 0 Å². The first-order chi connectivity index (χ1) is 17.9. The van der Waals surface area contributed by atoms with Gasteiger partial charge >= 0.3 is 5.97 Å².